The van der Waals surface area contributed by atoms with Crippen LogP contribution in [0.5, 0.6) is 0 Å². The van der Waals surface area contributed by atoms with Gasteiger partial charge in [0.05, 0.1) is 5.60 Å². The second-order valence-electron chi connectivity index (χ2n) is 5.07. The normalized spacial score (nSPS) is 21.4. The van der Waals surface area contributed by atoms with Crippen molar-refractivity contribution >= 4 is 0 Å². The van der Waals surface area contributed by atoms with Crippen molar-refractivity contribution in [1.82, 2.24) is 5.32 Å². The monoisotopic (exact) mass is 243 g/mol. The SMILES string of the molecule is CCNC(CCCOC)C1(OC)CCCCC1. The van der Waals surface area contributed by atoms with Gasteiger partial charge in [-0.25, -0.2) is 0 Å². The van der Waals surface area contributed by atoms with Crippen LogP contribution in [0.2, 0.25) is 0 Å². The molecule has 0 heterocycles. The van der Waals surface area contributed by atoms with Crippen molar-refractivity contribution in [1.29, 1.82) is 0 Å². The number of hydrogen-bond donors (Lipinski definition) is 1. The van der Waals surface area contributed by atoms with Gasteiger partial charge in [0.15, 0.2) is 0 Å². The molecule has 0 saturated heterocycles. The number of nitrogens with one attached hydrogen (secondary N) is 1. The van der Waals surface area contributed by atoms with Gasteiger partial charge in [-0.15, -0.1) is 0 Å². The molecule has 1 rings (SSSR count). The van der Waals surface area contributed by atoms with E-state index in [4.69, 9.17) is 9.47 Å². The molecule has 0 spiro atoms. The maximum atomic E-state index is 5.92. The van der Waals surface area contributed by atoms with Crippen LogP contribution >= 0.6 is 0 Å². The minimum absolute atomic E-state index is 0.0714. The smallest absolute Gasteiger partial charge is 0.0830 e. The molecule has 0 aromatic carbocycles. The minimum Gasteiger partial charge on any atom is -0.385 e. The number of rotatable bonds is 8. The Morgan fingerprint density at radius 1 is 1.18 bits per heavy atom. The van der Waals surface area contributed by atoms with Crippen molar-refractivity contribution < 1.29 is 9.47 Å². The van der Waals surface area contributed by atoms with Crippen LogP contribution in [0.1, 0.15) is 51.9 Å². The second-order valence-corrected chi connectivity index (χ2v) is 5.07. The number of methoxy groups -OCH3 is 2. The van der Waals surface area contributed by atoms with Gasteiger partial charge < -0.3 is 14.8 Å². The van der Waals surface area contributed by atoms with Gasteiger partial charge in [-0.05, 0) is 32.2 Å². The third-order valence-electron chi connectivity index (χ3n) is 4.03. The number of ether oxygens (including phenoxy) is 2. The van der Waals surface area contributed by atoms with Gasteiger partial charge in [0, 0.05) is 26.9 Å². The van der Waals surface area contributed by atoms with Gasteiger partial charge in [-0.3, -0.25) is 0 Å². The molecule has 1 atom stereocenters. The minimum atomic E-state index is 0.0714. The Bertz CT molecular complexity index is 191. The highest BCUT2D eigenvalue weighted by Crippen LogP contribution is 2.35. The fourth-order valence-corrected chi connectivity index (χ4v) is 3.07. The Morgan fingerprint density at radius 3 is 2.41 bits per heavy atom. The molecule has 0 amide bonds. The Balaban J connectivity index is 2.57. The summed E-state index contributed by atoms with van der Waals surface area (Å²) in [4.78, 5) is 0. The first-order valence-electron chi connectivity index (χ1n) is 7.06. The molecule has 1 aliphatic rings. The van der Waals surface area contributed by atoms with Crippen molar-refractivity contribution in [3.05, 3.63) is 0 Å². The molecule has 3 heteroatoms. The maximum Gasteiger partial charge on any atom is 0.0830 e. The molecule has 102 valence electrons. The Labute approximate surface area is 106 Å². The van der Waals surface area contributed by atoms with Crippen molar-refractivity contribution in [2.24, 2.45) is 0 Å². The van der Waals surface area contributed by atoms with E-state index in [1.54, 1.807) is 7.11 Å². The predicted octanol–water partition coefficient (Wildman–Crippen LogP) is 2.74. The summed E-state index contributed by atoms with van der Waals surface area (Å²) >= 11 is 0. The van der Waals surface area contributed by atoms with E-state index in [1.165, 1.54) is 32.1 Å². The highest BCUT2D eigenvalue weighted by Gasteiger charge is 2.39. The average Bonchev–Trinajstić information content (AvgIpc) is 2.39. The van der Waals surface area contributed by atoms with Crippen LogP contribution < -0.4 is 5.32 Å². The summed E-state index contributed by atoms with van der Waals surface area (Å²) in [7, 11) is 3.65. The molecule has 0 aromatic heterocycles. The van der Waals surface area contributed by atoms with Crippen molar-refractivity contribution in [2.45, 2.75) is 63.5 Å². The summed E-state index contributed by atoms with van der Waals surface area (Å²) in [5.74, 6) is 0. The number of likely N-dealkylation sites (N-methyl/N-ethyl adjacent to an activating group) is 1. The van der Waals surface area contributed by atoms with Crippen LogP contribution in [0.4, 0.5) is 0 Å². The quantitative estimate of drug-likeness (QED) is 0.665. The molecule has 3 nitrogen and oxygen atoms in total. The van der Waals surface area contributed by atoms with Crippen LogP contribution in [-0.2, 0) is 9.47 Å². The third-order valence-corrected chi connectivity index (χ3v) is 4.03. The van der Waals surface area contributed by atoms with Crippen LogP contribution in [0, 0.1) is 0 Å². The van der Waals surface area contributed by atoms with Gasteiger partial charge in [0.1, 0.15) is 0 Å². The summed E-state index contributed by atoms with van der Waals surface area (Å²) in [5.41, 5.74) is 0.0714. The molecular formula is C14H29NO2. The first kappa shape index (κ1) is 14.9. The molecule has 0 aliphatic heterocycles. The summed E-state index contributed by atoms with van der Waals surface area (Å²) in [6.45, 7) is 4.04. The van der Waals surface area contributed by atoms with E-state index >= 15 is 0 Å². The second kappa shape index (κ2) is 8.06. The zero-order valence-electron chi connectivity index (χ0n) is 11.8. The predicted molar refractivity (Wildman–Crippen MR) is 71.4 cm³/mol. The molecule has 17 heavy (non-hydrogen) atoms. The Kier molecular flexibility index (Phi) is 7.09. The Morgan fingerprint density at radius 2 is 1.88 bits per heavy atom. The van der Waals surface area contributed by atoms with Crippen molar-refractivity contribution in [3.63, 3.8) is 0 Å². The highest BCUT2D eigenvalue weighted by atomic mass is 16.5. The van der Waals surface area contributed by atoms with Gasteiger partial charge in [0.25, 0.3) is 0 Å². The molecular weight excluding hydrogens is 214 g/mol. The van der Waals surface area contributed by atoms with Gasteiger partial charge in [0.2, 0.25) is 0 Å². The van der Waals surface area contributed by atoms with E-state index in [0.29, 0.717) is 6.04 Å². The van der Waals surface area contributed by atoms with Crippen LogP contribution in [-0.4, -0.2) is 39.0 Å². The van der Waals surface area contributed by atoms with E-state index < -0.39 is 0 Å². The summed E-state index contributed by atoms with van der Waals surface area (Å²) < 4.78 is 11.1. The lowest BCUT2D eigenvalue weighted by Gasteiger charge is -2.43. The van der Waals surface area contributed by atoms with E-state index in [1.807, 2.05) is 7.11 Å². The highest BCUT2D eigenvalue weighted by molar-refractivity contribution is 4.95. The zero-order valence-corrected chi connectivity index (χ0v) is 11.8. The summed E-state index contributed by atoms with van der Waals surface area (Å²) in [6.07, 6.45) is 8.64. The van der Waals surface area contributed by atoms with E-state index in [2.05, 4.69) is 12.2 Å². The van der Waals surface area contributed by atoms with E-state index in [9.17, 15) is 0 Å². The van der Waals surface area contributed by atoms with Crippen molar-refractivity contribution in [2.75, 3.05) is 27.4 Å². The number of hydrogen-bond acceptors (Lipinski definition) is 3. The summed E-state index contributed by atoms with van der Waals surface area (Å²) in [5, 5.41) is 3.62. The lowest BCUT2D eigenvalue weighted by molar-refractivity contribution is -0.0701. The van der Waals surface area contributed by atoms with Crippen LogP contribution in [0.3, 0.4) is 0 Å². The fraction of sp³-hybridized carbons (Fsp3) is 1.00. The molecule has 1 saturated carbocycles. The lowest BCUT2D eigenvalue weighted by Crippen LogP contribution is -2.53. The fourth-order valence-electron chi connectivity index (χ4n) is 3.07. The maximum absolute atomic E-state index is 5.92. The topological polar surface area (TPSA) is 30.5 Å². The van der Waals surface area contributed by atoms with E-state index in [-0.39, 0.29) is 5.60 Å². The van der Waals surface area contributed by atoms with Crippen molar-refractivity contribution in [3.8, 4) is 0 Å². The van der Waals surface area contributed by atoms with Crippen LogP contribution in [0.15, 0.2) is 0 Å². The first-order valence-corrected chi connectivity index (χ1v) is 7.06. The third kappa shape index (κ3) is 4.23. The standard InChI is InChI=1S/C14H29NO2/c1-4-15-13(9-8-12-16-2)14(17-3)10-6-5-7-11-14/h13,15H,4-12H2,1-3H3. The molecule has 0 aromatic rings. The largest absolute Gasteiger partial charge is 0.385 e. The first-order chi connectivity index (χ1) is 8.29. The lowest BCUT2D eigenvalue weighted by atomic mass is 9.77. The van der Waals surface area contributed by atoms with Gasteiger partial charge in [-0.1, -0.05) is 26.2 Å². The average molecular weight is 243 g/mol. The van der Waals surface area contributed by atoms with Gasteiger partial charge in [-0.2, -0.15) is 0 Å². The van der Waals surface area contributed by atoms with Crippen LogP contribution in [0.25, 0.3) is 0 Å². The molecule has 1 fully saturated rings. The van der Waals surface area contributed by atoms with E-state index in [0.717, 1.165) is 26.0 Å². The Hall–Kier alpha value is -0.120. The summed E-state index contributed by atoms with van der Waals surface area (Å²) in [6, 6.07) is 0.480. The molecule has 1 aliphatic carbocycles. The molecule has 0 radical (unpaired) electrons. The molecule has 1 unspecified atom stereocenters. The molecule has 1 N–H and O–H groups in total. The van der Waals surface area contributed by atoms with Gasteiger partial charge >= 0.3 is 0 Å². The molecule has 0 bridgehead atoms. The zero-order chi connectivity index (χ0) is 12.6.